The van der Waals surface area contributed by atoms with E-state index in [1.165, 1.54) is 0 Å². The molecule has 0 atom stereocenters. The summed E-state index contributed by atoms with van der Waals surface area (Å²) in [7, 11) is 0. The molecule has 0 spiro atoms. The average molecular weight is 49.0 g/mol. The van der Waals surface area contributed by atoms with E-state index >= 15 is 0 Å². The first kappa shape index (κ1) is 8.97. The van der Waals surface area contributed by atoms with Gasteiger partial charge in [0.25, 0.3) is 0 Å². The fraction of sp³-hybridized carbons (Fsp3) is 0. The molecule has 0 fully saturated rings. The van der Waals surface area contributed by atoms with Crippen molar-refractivity contribution < 1.29 is 0 Å². The third-order valence-electron chi connectivity index (χ3n) is 0. The Morgan fingerprint density at radius 3 is 1.75 bits per heavy atom. The van der Waals surface area contributed by atoms with Crippen molar-refractivity contribution in [3.05, 3.63) is 6.58 Å². The maximum absolute atomic E-state index is 5.85. The molecule has 0 amide bonds. The standard InChI is InChI=1S/C2H3N.Li.H/c1-2-3;;/h3H,1H2;;. The van der Waals surface area contributed by atoms with Gasteiger partial charge in [0.2, 0.25) is 0 Å². The van der Waals surface area contributed by atoms with Gasteiger partial charge in [0.05, 0.1) is 0 Å². The van der Waals surface area contributed by atoms with Crippen LogP contribution in [0.25, 0.3) is 0 Å². The Kier molecular flexibility index (Phi) is 26.1. The van der Waals surface area contributed by atoms with Gasteiger partial charge in [0, 0.05) is 0 Å². The van der Waals surface area contributed by atoms with Crippen LogP contribution in [0.2, 0.25) is 0 Å². The minimum absolute atomic E-state index is 0. The average Bonchev–Trinajstić information content (AvgIpc) is 0.918. The van der Waals surface area contributed by atoms with Crippen molar-refractivity contribution in [2.24, 2.45) is 0 Å². The molecule has 4 heavy (non-hydrogen) atoms. The van der Waals surface area contributed by atoms with E-state index in [-0.39, 0.29) is 18.9 Å². The van der Waals surface area contributed by atoms with Gasteiger partial charge in [-0.15, -0.1) is 0 Å². The zero-order valence-corrected chi connectivity index (χ0v) is 1.71. The summed E-state index contributed by atoms with van der Waals surface area (Å²) in [4.78, 5) is 0. The second-order valence-electron chi connectivity index (χ2n) is 0.177. The molecule has 0 saturated carbocycles. The molecule has 0 heterocycles. The van der Waals surface area contributed by atoms with E-state index in [2.05, 4.69) is 6.58 Å². The van der Waals surface area contributed by atoms with Crippen molar-refractivity contribution in [1.29, 1.82) is 5.41 Å². The number of nitrogens with one attached hydrogen (secondary N) is 1. The molecule has 1 N–H and O–H groups in total. The van der Waals surface area contributed by atoms with E-state index in [1.807, 2.05) is 0 Å². The zero-order chi connectivity index (χ0) is 2.71. The van der Waals surface area contributed by atoms with Crippen molar-refractivity contribution in [3.8, 4) is 0 Å². The summed E-state index contributed by atoms with van der Waals surface area (Å²) in [5.74, 6) is 1.75. The molecule has 0 saturated heterocycles. The first-order valence-corrected chi connectivity index (χ1v) is 0.604. The van der Waals surface area contributed by atoms with Crippen LogP contribution < -0.4 is 0 Å². The quantitative estimate of drug-likeness (QED) is 0.289. The molecule has 0 radical (unpaired) electrons. The van der Waals surface area contributed by atoms with Gasteiger partial charge >= 0.3 is 18.9 Å². The summed E-state index contributed by atoms with van der Waals surface area (Å²) in [5, 5.41) is 5.85. The molecular formula is C2H4LiN. The van der Waals surface area contributed by atoms with Crippen LogP contribution in [-0.2, 0) is 0 Å². The molecule has 0 unspecified atom stereocenters. The Balaban J connectivity index is 0. The SMILES string of the molecule is C=C=N.[LiH]. The first-order chi connectivity index (χ1) is 1.41. The predicted molar refractivity (Wildman–Crippen MR) is 20.5 cm³/mol. The van der Waals surface area contributed by atoms with E-state index in [4.69, 9.17) is 5.41 Å². The van der Waals surface area contributed by atoms with Crippen molar-refractivity contribution in [1.82, 2.24) is 0 Å². The molecule has 0 aromatic rings. The third-order valence-corrected chi connectivity index (χ3v) is 0. The number of hydrogen-bond donors (Lipinski definition) is 1. The van der Waals surface area contributed by atoms with Gasteiger partial charge < -0.3 is 0 Å². The molecule has 0 aliphatic heterocycles. The van der Waals surface area contributed by atoms with Crippen LogP contribution in [-0.4, -0.2) is 24.7 Å². The second kappa shape index (κ2) is 11.6. The van der Waals surface area contributed by atoms with Crippen LogP contribution in [0.3, 0.4) is 0 Å². The fourth-order valence-electron chi connectivity index (χ4n) is 0. The Hall–Kier alpha value is 0.0474. The Morgan fingerprint density at radius 2 is 1.75 bits per heavy atom. The van der Waals surface area contributed by atoms with Crippen LogP contribution >= 0.6 is 0 Å². The molecule has 2 heteroatoms. The van der Waals surface area contributed by atoms with Crippen molar-refractivity contribution in [2.45, 2.75) is 0 Å². The van der Waals surface area contributed by atoms with E-state index in [1.54, 1.807) is 5.87 Å². The topological polar surface area (TPSA) is 23.9 Å². The summed E-state index contributed by atoms with van der Waals surface area (Å²) >= 11 is 0. The maximum atomic E-state index is 5.85. The summed E-state index contributed by atoms with van der Waals surface area (Å²) in [5.41, 5.74) is 0. The number of rotatable bonds is 0. The van der Waals surface area contributed by atoms with Crippen LogP contribution in [0.4, 0.5) is 0 Å². The number of hydrogen-bond acceptors (Lipinski definition) is 1. The third kappa shape index (κ3) is 1000. The molecule has 0 aromatic heterocycles. The Morgan fingerprint density at radius 1 is 1.75 bits per heavy atom. The van der Waals surface area contributed by atoms with Crippen LogP contribution in [0.5, 0.6) is 0 Å². The second-order valence-corrected chi connectivity index (χ2v) is 0.177. The van der Waals surface area contributed by atoms with Crippen molar-refractivity contribution in [2.75, 3.05) is 0 Å². The molecule has 0 bridgehead atoms. The molecule has 0 aliphatic carbocycles. The van der Waals surface area contributed by atoms with Gasteiger partial charge in [-0.3, -0.25) is 5.41 Å². The van der Waals surface area contributed by atoms with Crippen LogP contribution in [0.1, 0.15) is 0 Å². The van der Waals surface area contributed by atoms with Gasteiger partial charge in [-0.1, -0.05) is 0 Å². The van der Waals surface area contributed by atoms with Crippen molar-refractivity contribution in [3.63, 3.8) is 0 Å². The van der Waals surface area contributed by atoms with Gasteiger partial charge in [0.15, 0.2) is 0 Å². The summed E-state index contributed by atoms with van der Waals surface area (Å²) in [6.07, 6.45) is 0. The van der Waals surface area contributed by atoms with E-state index in [9.17, 15) is 0 Å². The first-order valence-electron chi connectivity index (χ1n) is 0.604. The monoisotopic (exact) mass is 49.1 g/mol. The minimum atomic E-state index is 0. The molecule has 0 rings (SSSR count). The van der Waals surface area contributed by atoms with Gasteiger partial charge in [-0.2, -0.15) is 0 Å². The summed E-state index contributed by atoms with van der Waals surface area (Å²) in [6.45, 7) is 2.90. The zero-order valence-electron chi connectivity index (χ0n) is 1.71. The predicted octanol–water partition coefficient (Wildman–Crippen LogP) is -0.228. The molecular weight excluding hydrogens is 45.0 g/mol. The molecule has 0 aliphatic rings. The van der Waals surface area contributed by atoms with Gasteiger partial charge in [-0.25, -0.2) is 0 Å². The normalized spacial score (nSPS) is 2.00. The van der Waals surface area contributed by atoms with E-state index in [0.29, 0.717) is 0 Å². The molecule has 18 valence electrons. The fourth-order valence-corrected chi connectivity index (χ4v) is 0. The Labute approximate surface area is 37.4 Å². The molecule has 0 aromatic carbocycles. The van der Waals surface area contributed by atoms with Gasteiger partial charge in [-0.05, 0) is 12.4 Å². The summed E-state index contributed by atoms with van der Waals surface area (Å²) < 4.78 is 0. The van der Waals surface area contributed by atoms with Crippen molar-refractivity contribution >= 4 is 24.7 Å². The summed E-state index contributed by atoms with van der Waals surface area (Å²) in [6, 6.07) is 0. The van der Waals surface area contributed by atoms with E-state index in [0.717, 1.165) is 0 Å². The van der Waals surface area contributed by atoms with E-state index < -0.39 is 0 Å². The Bertz CT molecular complexity index is 27.0. The van der Waals surface area contributed by atoms with Gasteiger partial charge in [0.1, 0.15) is 0 Å². The van der Waals surface area contributed by atoms with Crippen LogP contribution in [0.15, 0.2) is 6.58 Å². The van der Waals surface area contributed by atoms with Crippen LogP contribution in [0, 0.1) is 5.41 Å². The molecule has 1 nitrogen and oxygen atoms in total.